The molecule has 0 aliphatic rings. The van der Waals surface area contributed by atoms with Gasteiger partial charge >= 0.3 is 0 Å². The minimum absolute atomic E-state index is 0.0633. The molecule has 3 heterocycles. The molecule has 0 aliphatic carbocycles. The monoisotopic (exact) mass is 326 g/mol. The number of sulfone groups is 1. The van der Waals surface area contributed by atoms with Crippen LogP contribution in [0.3, 0.4) is 0 Å². The first-order chi connectivity index (χ1) is 9.90. The maximum absolute atomic E-state index is 11.5. The lowest BCUT2D eigenvalue weighted by Crippen LogP contribution is -2.11. The van der Waals surface area contributed by atoms with Gasteiger partial charge in [-0.2, -0.15) is 19.5 Å². The molecule has 21 heavy (non-hydrogen) atoms. The van der Waals surface area contributed by atoms with Gasteiger partial charge in [-0.05, 0) is 11.4 Å². The Morgan fingerprint density at radius 2 is 2.10 bits per heavy atom. The van der Waals surface area contributed by atoms with Crippen molar-refractivity contribution in [3.05, 3.63) is 11.4 Å². The van der Waals surface area contributed by atoms with Gasteiger partial charge in [0, 0.05) is 6.26 Å². The summed E-state index contributed by atoms with van der Waals surface area (Å²) in [4.78, 5) is 12.5. The van der Waals surface area contributed by atoms with Crippen LogP contribution in [0, 0.1) is 0 Å². The van der Waals surface area contributed by atoms with Crippen LogP contribution in [0.4, 0.5) is 5.95 Å². The number of anilines is 1. The first-order valence-corrected chi connectivity index (χ1v) is 8.39. The molecule has 0 amide bonds. The van der Waals surface area contributed by atoms with E-state index in [9.17, 15) is 8.42 Å². The summed E-state index contributed by atoms with van der Waals surface area (Å²) < 4.78 is 29.4. The van der Waals surface area contributed by atoms with Crippen molar-refractivity contribution in [2.45, 2.75) is 5.16 Å². The second kappa shape index (κ2) is 4.63. The lowest BCUT2D eigenvalue weighted by molar-refractivity contribution is 0.418. The lowest BCUT2D eigenvalue weighted by Gasteiger charge is -1.99. The number of rotatable bonds is 3. The van der Waals surface area contributed by atoms with E-state index in [4.69, 9.17) is 10.5 Å². The normalized spacial score (nSPS) is 11.9. The van der Waals surface area contributed by atoms with E-state index in [1.807, 2.05) is 5.38 Å². The van der Waals surface area contributed by atoms with E-state index in [2.05, 4.69) is 20.1 Å². The summed E-state index contributed by atoms with van der Waals surface area (Å²) in [5.74, 6) is 0.919. The summed E-state index contributed by atoms with van der Waals surface area (Å²) in [6.07, 6.45) is 0.998. The van der Waals surface area contributed by atoms with Crippen LogP contribution in [0.15, 0.2) is 16.6 Å². The molecule has 3 aromatic heterocycles. The zero-order valence-corrected chi connectivity index (χ0v) is 12.6. The molecular weight excluding hydrogens is 316 g/mol. The molecule has 0 fully saturated rings. The predicted molar refractivity (Wildman–Crippen MR) is 76.0 cm³/mol. The average Bonchev–Trinajstić information content (AvgIpc) is 3.02. The van der Waals surface area contributed by atoms with E-state index in [1.165, 1.54) is 23.0 Å². The molecule has 3 rings (SSSR count). The van der Waals surface area contributed by atoms with Crippen molar-refractivity contribution < 1.29 is 13.2 Å². The predicted octanol–water partition coefficient (Wildman–Crippen LogP) is 0.242. The summed E-state index contributed by atoms with van der Waals surface area (Å²) in [6, 6.07) is 1.78. The number of fused-ring (bicyclic) bond motifs is 1. The van der Waals surface area contributed by atoms with Crippen molar-refractivity contribution in [1.82, 2.24) is 24.6 Å². The van der Waals surface area contributed by atoms with Gasteiger partial charge in [0.1, 0.15) is 10.6 Å². The standard InChI is InChI=1S/C10H10N6O3S2/c1-19-5-3-4-20-6(5)7-12-9-14-10(21(2,17)18)13-8(11)16(9)15-7/h3-4H,1-2H3,(H2,11,12,13,14,15). The highest BCUT2D eigenvalue weighted by Crippen LogP contribution is 2.33. The Hall–Kier alpha value is -2.27. The zero-order valence-electron chi connectivity index (χ0n) is 11.0. The molecule has 0 bridgehead atoms. The van der Waals surface area contributed by atoms with E-state index >= 15 is 0 Å². The number of aromatic nitrogens is 5. The minimum atomic E-state index is -3.58. The average molecular weight is 326 g/mol. The Morgan fingerprint density at radius 1 is 1.33 bits per heavy atom. The van der Waals surface area contributed by atoms with Crippen molar-refractivity contribution in [2.24, 2.45) is 0 Å². The molecule has 0 aromatic carbocycles. The number of nitrogens with two attached hydrogens (primary N) is 1. The van der Waals surface area contributed by atoms with Crippen molar-refractivity contribution in [2.75, 3.05) is 19.1 Å². The zero-order chi connectivity index (χ0) is 15.2. The third-order valence-corrected chi connectivity index (χ3v) is 4.33. The Morgan fingerprint density at radius 3 is 2.76 bits per heavy atom. The first kappa shape index (κ1) is 13.7. The molecule has 0 atom stereocenters. The Bertz CT molecular complexity index is 930. The molecule has 0 radical (unpaired) electrons. The second-order valence-electron chi connectivity index (χ2n) is 4.10. The van der Waals surface area contributed by atoms with Gasteiger partial charge < -0.3 is 10.5 Å². The number of hydrogen-bond donors (Lipinski definition) is 1. The molecule has 9 nitrogen and oxygen atoms in total. The van der Waals surface area contributed by atoms with Gasteiger partial charge in [0.15, 0.2) is 5.82 Å². The minimum Gasteiger partial charge on any atom is -0.495 e. The van der Waals surface area contributed by atoms with Crippen LogP contribution in [-0.4, -0.2) is 46.3 Å². The summed E-state index contributed by atoms with van der Waals surface area (Å²) in [5, 5.41) is 5.62. The van der Waals surface area contributed by atoms with Gasteiger partial charge in [-0.15, -0.1) is 16.4 Å². The first-order valence-electron chi connectivity index (χ1n) is 5.62. The smallest absolute Gasteiger partial charge is 0.258 e. The van der Waals surface area contributed by atoms with Crippen LogP contribution in [-0.2, 0) is 9.84 Å². The summed E-state index contributed by atoms with van der Waals surface area (Å²) in [6.45, 7) is 0. The van der Waals surface area contributed by atoms with Crippen molar-refractivity contribution in [1.29, 1.82) is 0 Å². The molecule has 0 saturated carbocycles. The number of ether oxygens (including phenoxy) is 1. The van der Waals surface area contributed by atoms with Crippen LogP contribution < -0.4 is 10.5 Å². The number of thiophene rings is 1. The van der Waals surface area contributed by atoms with Gasteiger partial charge in [0.05, 0.1) is 7.11 Å². The fourth-order valence-electron chi connectivity index (χ4n) is 1.67. The van der Waals surface area contributed by atoms with Crippen molar-refractivity contribution in [3.63, 3.8) is 0 Å². The summed E-state index contributed by atoms with van der Waals surface area (Å²) >= 11 is 1.39. The maximum Gasteiger partial charge on any atom is 0.258 e. The Kier molecular flexibility index (Phi) is 3.02. The van der Waals surface area contributed by atoms with Gasteiger partial charge in [0.25, 0.3) is 10.9 Å². The Labute approximate surface area is 123 Å². The van der Waals surface area contributed by atoms with Gasteiger partial charge in [-0.1, -0.05) is 0 Å². The SMILES string of the molecule is COc1ccsc1-c1nc2nc(S(C)(=O)=O)nc(N)n2n1. The van der Waals surface area contributed by atoms with Gasteiger partial charge in [0.2, 0.25) is 15.8 Å². The number of methoxy groups -OCH3 is 1. The second-order valence-corrected chi connectivity index (χ2v) is 6.93. The highest BCUT2D eigenvalue weighted by molar-refractivity contribution is 7.90. The number of nitrogens with zero attached hydrogens (tertiary/aromatic N) is 5. The van der Waals surface area contributed by atoms with Crippen LogP contribution >= 0.6 is 11.3 Å². The molecule has 0 aliphatic heterocycles. The van der Waals surface area contributed by atoms with E-state index in [1.54, 1.807) is 6.07 Å². The molecule has 110 valence electrons. The molecule has 0 saturated heterocycles. The van der Waals surface area contributed by atoms with E-state index in [0.29, 0.717) is 16.5 Å². The van der Waals surface area contributed by atoms with Crippen LogP contribution in [0.1, 0.15) is 0 Å². The van der Waals surface area contributed by atoms with Crippen LogP contribution in [0.2, 0.25) is 0 Å². The lowest BCUT2D eigenvalue weighted by atomic mass is 10.4. The van der Waals surface area contributed by atoms with Crippen molar-refractivity contribution >= 4 is 32.9 Å². The molecule has 11 heteroatoms. The summed E-state index contributed by atoms with van der Waals surface area (Å²) in [7, 11) is -2.04. The number of hydrogen-bond acceptors (Lipinski definition) is 9. The quantitative estimate of drug-likeness (QED) is 0.725. The fraction of sp³-hybridized carbons (Fsp3) is 0.200. The Balaban J connectivity index is 2.23. The highest BCUT2D eigenvalue weighted by Gasteiger charge is 2.19. The topological polar surface area (TPSA) is 125 Å². The number of nitrogen functional groups attached to an aromatic ring is 1. The molecule has 3 aromatic rings. The highest BCUT2D eigenvalue weighted by atomic mass is 32.2. The molecular formula is C10H10N6O3S2. The molecule has 2 N–H and O–H groups in total. The third-order valence-electron chi connectivity index (χ3n) is 2.60. The van der Waals surface area contributed by atoms with Gasteiger partial charge in [-0.3, -0.25) is 0 Å². The largest absolute Gasteiger partial charge is 0.495 e. The van der Waals surface area contributed by atoms with Crippen LogP contribution in [0.5, 0.6) is 5.75 Å². The van der Waals surface area contributed by atoms with Crippen LogP contribution in [0.25, 0.3) is 16.5 Å². The summed E-state index contributed by atoms with van der Waals surface area (Å²) in [5.41, 5.74) is 5.71. The van der Waals surface area contributed by atoms with E-state index in [-0.39, 0.29) is 16.9 Å². The molecule has 0 unspecified atom stereocenters. The third kappa shape index (κ3) is 2.29. The van der Waals surface area contributed by atoms with E-state index in [0.717, 1.165) is 6.26 Å². The van der Waals surface area contributed by atoms with E-state index < -0.39 is 9.84 Å². The molecule has 0 spiro atoms. The fourth-order valence-corrected chi connectivity index (χ4v) is 2.96. The van der Waals surface area contributed by atoms with Crippen molar-refractivity contribution in [3.8, 4) is 16.5 Å². The van der Waals surface area contributed by atoms with Gasteiger partial charge in [-0.25, -0.2) is 8.42 Å². The maximum atomic E-state index is 11.5.